The molecule has 0 aliphatic carbocycles. The number of fused-ring (bicyclic) bond motifs is 3. The number of para-hydroxylation sites is 2. The standard InChI is InChI=1S/C26H32F4N5O8P.C20H22F3N2O7P.C15H19FN4O4.CH4.B4/c1-15(23(38)40-12-24(2,3)26(28,29)30)34-44(39,43-16-7-5-4-6-8-16)41-13-25(11-27)21(37)19(36)20(42-25)17-9-10-18-22(31)32-14-33-35(17)18;1-14(18(26)30-13-19(2,3)20(21,22)23)24-33(29,31-16-7-5-4-6-8-16)32-17-11-9-15(10-12-17)25(27)28;1-14(2)22-11-10(23-15(5-16,6-21)12(11)24-14)8-3-4-9-13(17)18-7-19-20(8)9;;1-4(2)3/h4-10,14-15,19-21,36-37H,11-13H2,1-3H3,(H,34,39)(H2,31,32,33);4-12,14H,13H2,1-3H3,(H,24,29);3-4,7,10-12,21H,5-6H2,1-2H3,(H2,17,18,19);1H4;/t15-,19-,20-,21-,25+,44?;14-,33?;10-,11-,12-,15+;;/m000../s1. The number of nitro groups is 1. The van der Waals surface area contributed by atoms with Gasteiger partial charge in [0.25, 0.3) is 5.69 Å². The number of aromatic nitrogens is 6. The van der Waals surface area contributed by atoms with Gasteiger partial charge in [0.05, 0.1) is 40.4 Å². The van der Waals surface area contributed by atoms with E-state index in [0.717, 1.165) is 53.1 Å². The summed E-state index contributed by atoms with van der Waals surface area (Å²) in [6.45, 7) is 3.50. The summed E-state index contributed by atoms with van der Waals surface area (Å²) >= 11 is 0. The van der Waals surface area contributed by atoms with Crippen molar-refractivity contribution in [3.8, 4) is 17.2 Å². The fourth-order valence-corrected chi connectivity index (χ4v) is 13.0. The number of hydrogen-bond donors (Lipinski definition) is 7. The first-order valence-corrected chi connectivity index (χ1v) is 34.5. The molecule has 3 aliphatic rings. The Bertz CT molecular complexity index is 4180. The topological polar surface area (TPSA) is 401 Å². The highest BCUT2D eigenvalue weighted by Gasteiger charge is 2.64. The minimum atomic E-state index is -4.68. The van der Waals surface area contributed by atoms with Gasteiger partial charge >= 0.3 is 39.8 Å². The molecule has 2 unspecified atom stereocenters. The second kappa shape index (κ2) is 34.9. The van der Waals surface area contributed by atoms with Gasteiger partial charge in [0.1, 0.15) is 127 Å². The highest BCUT2D eigenvalue weighted by molar-refractivity contribution is 7.52. The Morgan fingerprint density at radius 2 is 1.08 bits per heavy atom. The lowest BCUT2D eigenvalue weighted by Crippen LogP contribution is -2.49. The lowest BCUT2D eigenvalue weighted by molar-refractivity contribution is -0.384. The van der Waals surface area contributed by atoms with Gasteiger partial charge in [0.2, 0.25) is 0 Å². The van der Waals surface area contributed by atoms with Crippen LogP contribution < -0.4 is 35.2 Å². The minimum absolute atomic E-state index is 0. The summed E-state index contributed by atoms with van der Waals surface area (Å²) in [6, 6.07) is 23.4. The van der Waals surface area contributed by atoms with E-state index in [1.165, 1.54) is 78.4 Å². The lowest BCUT2D eigenvalue weighted by Gasteiger charge is -2.31. The molecule has 0 bridgehead atoms. The Morgan fingerprint density at radius 1 is 0.670 bits per heavy atom. The average molecular weight is 1540 g/mol. The molecule has 3 aromatic carbocycles. The highest BCUT2D eigenvalue weighted by atomic mass is 31.2. The first-order valence-electron chi connectivity index (χ1n) is 31.4. The van der Waals surface area contributed by atoms with Crippen LogP contribution in [0.25, 0.3) is 11.0 Å². The van der Waals surface area contributed by atoms with E-state index in [0.29, 0.717) is 22.5 Å². The van der Waals surface area contributed by atoms with Crippen molar-refractivity contribution in [2.75, 3.05) is 51.2 Å². The largest absolute Gasteiger partial charge is 0.513 e. The Balaban J connectivity index is 0.000000251. The number of nitrogens with one attached hydrogen (secondary N) is 2. The molecule has 572 valence electrons. The molecule has 12 atom stereocenters. The summed E-state index contributed by atoms with van der Waals surface area (Å²) in [6.07, 6.45) is -14.4. The molecule has 9 N–H and O–H groups in total. The van der Waals surface area contributed by atoms with Crippen LogP contribution in [-0.2, 0) is 51.7 Å². The summed E-state index contributed by atoms with van der Waals surface area (Å²) < 4.78 is 192. The molecular weight excluding hydrogens is 1460 g/mol. The van der Waals surface area contributed by atoms with E-state index in [1.54, 1.807) is 54.8 Å². The smallest absolute Gasteiger partial charge is 0.464 e. The van der Waals surface area contributed by atoms with E-state index in [4.69, 9.17) is 58.0 Å². The van der Waals surface area contributed by atoms with Crippen molar-refractivity contribution in [2.24, 2.45) is 10.8 Å². The van der Waals surface area contributed by atoms with Crippen LogP contribution >= 0.6 is 15.5 Å². The maximum atomic E-state index is 14.6. The first-order chi connectivity index (χ1) is 48.9. The molecule has 30 nitrogen and oxygen atoms in total. The third-order valence-corrected chi connectivity index (χ3v) is 19.2. The molecule has 7 aromatic rings. The van der Waals surface area contributed by atoms with Crippen LogP contribution in [0.15, 0.2) is 122 Å². The van der Waals surface area contributed by atoms with Gasteiger partial charge in [-0.2, -0.15) is 46.7 Å². The Hall–Kier alpha value is -8.00. The number of nitro benzene ring substituents is 1. The normalized spacial score (nSPS) is 22.9. The number of aliphatic hydroxyl groups excluding tert-OH is 3. The summed E-state index contributed by atoms with van der Waals surface area (Å²) in [7, 11) is 4.97. The number of nitrogens with zero attached hydrogens (tertiary/aromatic N) is 7. The molecule has 3 aliphatic heterocycles. The molecular formula is C62H77B4F8N11O19P2. The SMILES string of the molecule is C.CC1(C)O[C@H]2[C@H](c3ccc4c(N)ncnn34)O[C@@](CO)(CF)[C@H]2O1.C[C@H](NP(=O)(OC[C@@]1(CF)O[C@@H](c2ccc3c(N)ncnn23)[C@H](O)[C@@H]1O)Oc1ccccc1)C(=O)OCC(C)(C)C(F)(F)F.C[C@H](NP(=O)(Oc1ccccc1)Oc1ccc([N+](=O)[O-])cc1)C(=O)OCC(C)(C)C(F)(F)F.[B]B([B])[B]. The number of alkyl halides is 8. The second-order valence-corrected chi connectivity index (χ2v) is 29.0. The van der Waals surface area contributed by atoms with Gasteiger partial charge in [-0.3, -0.25) is 24.2 Å². The molecule has 0 spiro atoms. The number of ether oxygens (including phenoxy) is 6. The van der Waals surface area contributed by atoms with Crippen LogP contribution in [0, 0.1) is 20.9 Å². The number of carbonyl (C=O) groups excluding carboxylic acids is 2. The number of aliphatic hydroxyl groups is 3. The van der Waals surface area contributed by atoms with Crippen LogP contribution in [0.4, 0.5) is 52.4 Å². The maximum Gasteiger partial charge on any atom is 0.513 e. The molecule has 3 saturated heterocycles. The number of nitrogen functional groups attached to an aromatic ring is 2. The number of rotatable bonds is 25. The van der Waals surface area contributed by atoms with Crippen molar-refractivity contribution in [1.82, 2.24) is 39.4 Å². The van der Waals surface area contributed by atoms with E-state index < -0.39 is 167 Å². The van der Waals surface area contributed by atoms with Gasteiger partial charge < -0.3 is 68.8 Å². The van der Waals surface area contributed by atoms with Crippen molar-refractivity contribution >= 4 is 85.4 Å². The molecule has 44 heteroatoms. The lowest BCUT2D eigenvalue weighted by atomic mass is 9.08. The number of non-ortho nitro benzene ring substituents is 1. The van der Waals surface area contributed by atoms with Gasteiger partial charge in [-0.1, -0.05) is 43.8 Å². The number of hydrogen-bond acceptors (Lipinski definition) is 25. The van der Waals surface area contributed by atoms with Crippen LogP contribution in [0.5, 0.6) is 17.2 Å². The molecule has 10 rings (SSSR count). The summed E-state index contributed by atoms with van der Waals surface area (Å²) in [5.41, 5.74) is 4.86. The molecule has 4 aromatic heterocycles. The third-order valence-electron chi connectivity index (χ3n) is 16.0. The molecule has 0 amide bonds. The van der Waals surface area contributed by atoms with Gasteiger partial charge in [0.15, 0.2) is 17.4 Å². The molecule has 106 heavy (non-hydrogen) atoms. The van der Waals surface area contributed by atoms with Crippen LogP contribution in [0.2, 0.25) is 0 Å². The van der Waals surface area contributed by atoms with E-state index >= 15 is 0 Å². The third kappa shape index (κ3) is 21.0. The second-order valence-electron chi connectivity index (χ2n) is 25.7. The van der Waals surface area contributed by atoms with E-state index in [9.17, 15) is 79.3 Å². The fourth-order valence-electron chi connectivity index (χ4n) is 9.92. The maximum absolute atomic E-state index is 14.6. The molecule has 6 radical (unpaired) electrons. The predicted octanol–water partition coefficient (Wildman–Crippen LogP) is 8.11. The predicted molar refractivity (Wildman–Crippen MR) is 368 cm³/mol. The van der Waals surface area contributed by atoms with Crippen LogP contribution in [0.1, 0.15) is 86.4 Å². The number of halogens is 8. The first kappa shape index (κ1) is 86.9. The number of nitrogens with two attached hydrogens (primary N) is 2. The van der Waals surface area contributed by atoms with E-state index in [1.807, 2.05) is 0 Å². The molecule has 3 fully saturated rings. The fraction of sp³-hybridized carbons (Fsp3) is 0.484. The van der Waals surface area contributed by atoms with Gasteiger partial charge in [-0.15, -0.1) is 0 Å². The summed E-state index contributed by atoms with van der Waals surface area (Å²) in [5.74, 6) is -2.77. The van der Waals surface area contributed by atoms with Gasteiger partial charge in [-0.25, -0.2) is 36.9 Å². The highest BCUT2D eigenvalue weighted by Crippen LogP contribution is 2.52. The van der Waals surface area contributed by atoms with E-state index in [2.05, 4.69) is 53.6 Å². The quantitative estimate of drug-likeness (QED) is 0.00709. The molecule has 0 saturated carbocycles. The van der Waals surface area contributed by atoms with Crippen molar-refractivity contribution in [1.29, 1.82) is 0 Å². The number of carbonyl (C=O) groups is 2. The molecule has 7 heterocycles. The Labute approximate surface area is 606 Å². The zero-order valence-electron chi connectivity index (χ0n) is 57.3. The Kier molecular flexibility index (Phi) is 28.6. The zero-order chi connectivity index (χ0) is 78.1. The van der Waals surface area contributed by atoms with E-state index in [-0.39, 0.29) is 41.9 Å². The summed E-state index contributed by atoms with van der Waals surface area (Å²) in [4.78, 5) is 42.8. The van der Waals surface area contributed by atoms with Crippen molar-refractivity contribution in [2.45, 2.75) is 141 Å². The summed E-state index contributed by atoms with van der Waals surface area (Å²) in [5, 5.41) is 55.1. The van der Waals surface area contributed by atoms with Crippen LogP contribution in [0.3, 0.4) is 0 Å². The van der Waals surface area contributed by atoms with Gasteiger partial charge in [-0.05, 0) is 116 Å². The number of esters is 2. The monoisotopic (exact) mass is 1540 g/mol. The van der Waals surface area contributed by atoms with Crippen LogP contribution in [-0.4, -0.2) is 197 Å². The average Bonchev–Trinajstić information content (AvgIpc) is 1.57. The van der Waals surface area contributed by atoms with Crippen molar-refractivity contribution < 1.29 is 121 Å². The van der Waals surface area contributed by atoms with Gasteiger partial charge in [0, 0.05) is 41.7 Å². The number of anilines is 2. The zero-order valence-corrected chi connectivity index (χ0v) is 59.1. The van der Waals surface area contributed by atoms with Crippen molar-refractivity contribution in [3.05, 3.63) is 143 Å². The minimum Gasteiger partial charge on any atom is -0.464 e. The van der Waals surface area contributed by atoms with Crippen molar-refractivity contribution in [3.63, 3.8) is 0 Å². The Morgan fingerprint density at radius 3 is 1.49 bits per heavy atom. The number of benzene rings is 3.